The molecule has 0 bridgehead atoms. The molecule has 8 heteroatoms. The van der Waals surface area contributed by atoms with Crippen molar-refractivity contribution in [3.63, 3.8) is 0 Å². The third-order valence-corrected chi connectivity index (χ3v) is 6.84. The van der Waals surface area contributed by atoms with Crippen LogP contribution in [0.25, 0.3) is 0 Å². The third-order valence-electron chi connectivity index (χ3n) is 6.84. The molecule has 2 N–H and O–H groups in total. The number of benzene rings is 1. The molecule has 5 rings (SSSR count). The lowest BCUT2D eigenvalue weighted by molar-refractivity contribution is -0.136. The summed E-state index contributed by atoms with van der Waals surface area (Å²) in [5, 5.41) is 5.88. The van der Waals surface area contributed by atoms with Gasteiger partial charge in [-0.3, -0.25) is 29.4 Å². The summed E-state index contributed by atoms with van der Waals surface area (Å²) < 4.78 is 0. The van der Waals surface area contributed by atoms with Crippen molar-refractivity contribution in [3.8, 4) is 0 Å². The van der Waals surface area contributed by atoms with Crippen molar-refractivity contribution in [2.45, 2.75) is 50.1 Å². The fourth-order valence-electron chi connectivity index (χ4n) is 5.14. The Balaban J connectivity index is 1.36. The van der Waals surface area contributed by atoms with Gasteiger partial charge in [-0.15, -0.1) is 0 Å². The molecule has 4 aliphatic heterocycles. The van der Waals surface area contributed by atoms with Crippen molar-refractivity contribution in [1.29, 1.82) is 0 Å². The first-order valence-corrected chi connectivity index (χ1v) is 10.3. The van der Waals surface area contributed by atoms with Gasteiger partial charge >= 0.3 is 0 Å². The summed E-state index contributed by atoms with van der Waals surface area (Å²) >= 11 is 0. The van der Waals surface area contributed by atoms with E-state index in [9.17, 15) is 19.2 Å². The second-order valence-electron chi connectivity index (χ2n) is 8.47. The number of anilines is 1. The van der Waals surface area contributed by atoms with Gasteiger partial charge in [0.2, 0.25) is 11.8 Å². The number of rotatable bonds is 2. The van der Waals surface area contributed by atoms with Crippen molar-refractivity contribution in [2.75, 3.05) is 24.5 Å². The molecule has 152 valence electrons. The van der Waals surface area contributed by atoms with Crippen molar-refractivity contribution in [3.05, 3.63) is 29.3 Å². The van der Waals surface area contributed by atoms with E-state index >= 15 is 0 Å². The van der Waals surface area contributed by atoms with Crippen molar-refractivity contribution in [2.24, 2.45) is 0 Å². The molecule has 3 saturated heterocycles. The van der Waals surface area contributed by atoms with Gasteiger partial charge in [0, 0.05) is 30.7 Å². The SMILES string of the molecule is O=C1CCC(N2C(=O)c3ccc(N4CCC5(CCCN5)CC4)cc3C2=O)C(=O)N1. The highest BCUT2D eigenvalue weighted by Gasteiger charge is 2.45. The van der Waals surface area contributed by atoms with Crippen molar-refractivity contribution < 1.29 is 19.2 Å². The average molecular weight is 396 g/mol. The molecule has 1 atom stereocenters. The number of nitrogens with zero attached hydrogens (tertiary/aromatic N) is 2. The predicted molar refractivity (Wildman–Crippen MR) is 105 cm³/mol. The van der Waals surface area contributed by atoms with Crippen LogP contribution in [0, 0.1) is 0 Å². The molecule has 29 heavy (non-hydrogen) atoms. The molecule has 1 aromatic carbocycles. The summed E-state index contributed by atoms with van der Waals surface area (Å²) in [5.74, 6) is -1.86. The minimum atomic E-state index is -0.924. The summed E-state index contributed by atoms with van der Waals surface area (Å²) in [5.41, 5.74) is 1.87. The molecule has 1 aromatic rings. The fourth-order valence-corrected chi connectivity index (χ4v) is 5.14. The molecular weight excluding hydrogens is 372 g/mol. The van der Waals surface area contributed by atoms with Crippen LogP contribution in [-0.2, 0) is 9.59 Å². The summed E-state index contributed by atoms with van der Waals surface area (Å²) in [6, 6.07) is 4.43. The predicted octanol–water partition coefficient (Wildman–Crippen LogP) is 0.810. The van der Waals surface area contributed by atoms with Crippen LogP contribution in [0.4, 0.5) is 5.69 Å². The highest BCUT2D eigenvalue weighted by molar-refractivity contribution is 6.23. The molecule has 0 radical (unpaired) electrons. The van der Waals surface area contributed by atoms with Crippen LogP contribution in [0.1, 0.15) is 59.2 Å². The minimum Gasteiger partial charge on any atom is -0.371 e. The lowest BCUT2D eigenvalue weighted by Crippen LogP contribution is -2.54. The van der Waals surface area contributed by atoms with Crippen LogP contribution in [0.15, 0.2) is 18.2 Å². The molecule has 0 saturated carbocycles. The molecule has 4 heterocycles. The zero-order chi connectivity index (χ0) is 20.2. The lowest BCUT2D eigenvalue weighted by Gasteiger charge is -2.40. The standard InChI is InChI=1S/C21H24N4O4/c26-17-5-4-16(18(27)23-17)25-19(28)14-3-2-13(12-15(14)20(25)29)24-10-7-21(8-11-24)6-1-9-22-21/h2-3,12,16,22H,1,4-11H2,(H,23,26,27). The van der Waals surface area contributed by atoms with E-state index in [0.29, 0.717) is 11.1 Å². The average Bonchev–Trinajstić information content (AvgIpc) is 3.26. The number of amides is 4. The second-order valence-corrected chi connectivity index (χ2v) is 8.47. The van der Waals surface area contributed by atoms with Gasteiger partial charge in [0.15, 0.2) is 0 Å². The number of imide groups is 2. The molecule has 3 fully saturated rings. The Morgan fingerprint density at radius 2 is 1.72 bits per heavy atom. The highest BCUT2D eigenvalue weighted by atomic mass is 16.2. The van der Waals surface area contributed by atoms with E-state index < -0.39 is 23.8 Å². The van der Waals surface area contributed by atoms with Crippen molar-refractivity contribution in [1.82, 2.24) is 15.5 Å². The number of piperidine rings is 2. The smallest absolute Gasteiger partial charge is 0.262 e. The largest absolute Gasteiger partial charge is 0.371 e. The quantitative estimate of drug-likeness (QED) is 0.718. The Kier molecular flexibility index (Phi) is 4.20. The number of hydrogen-bond acceptors (Lipinski definition) is 6. The van der Waals surface area contributed by atoms with E-state index in [-0.39, 0.29) is 24.3 Å². The molecular formula is C21H24N4O4. The van der Waals surface area contributed by atoms with Crippen LogP contribution in [-0.4, -0.2) is 59.7 Å². The Bertz CT molecular complexity index is 911. The normalized spacial score (nSPS) is 26.3. The number of hydrogen-bond donors (Lipinski definition) is 2. The van der Waals surface area contributed by atoms with Crippen LogP contribution >= 0.6 is 0 Å². The van der Waals surface area contributed by atoms with Gasteiger partial charge in [-0.05, 0) is 56.8 Å². The fraction of sp³-hybridized carbons (Fsp3) is 0.524. The number of carbonyl (C=O) groups is 4. The molecule has 0 aliphatic carbocycles. The number of carbonyl (C=O) groups excluding carboxylic acids is 4. The monoisotopic (exact) mass is 396 g/mol. The summed E-state index contributed by atoms with van der Waals surface area (Å²) in [6.07, 6.45) is 4.88. The molecule has 8 nitrogen and oxygen atoms in total. The van der Waals surface area contributed by atoms with Gasteiger partial charge in [0.1, 0.15) is 6.04 Å². The Labute approximate surface area is 168 Å². The van der Waals surface area contributed by atoms with Gasteiger partial charge in [-0.25, -0.2) is 0 Å². The molecule has 1 unspecified atom stereocenters. The zero-order valence-electron chi connectivity index (χ0n) is 16.2. The Hall–Kier alpha value is -2.74. The maximum atomic E-state index is 13.0. The number of fused-ring (bicyclic) bond motifs is 1. The van der Waals surface area contributed by atoms with E-state index in [1.165, 1.54) is 12.8 Å². The molecule has 4 aliphatic rings. The third kappa shape index (κ3) is 2.93. The molecule has 4 amide bonds. The van der Waals surface area contributed by atoms with Crippen LogP contribution in [0.2, 0.25) is 0 Å². The van der Waals surface area contributed by atoms with Crippen LogP contribution in [0.5, 0.6) is 0 Å². The zero-order valence-corrected chi connectivity index (χ0v) is 16.2. The first-order chi connectivity index (χ1) is 14.0. The summed E-state index contributed by atoms with van der Waals surface area (Å²) in [6.45, 7) is 2.90. The first-order valence-electron chi connectivity index (χ1n) is 10.3. The Morgan fingerprint density at radius 1 is 0.966 bits per heavy atom. The van der Waals surface area contributed by atoms with Gasteiger partial charge < -0.3 is 10.2 Å². The number of nitrogens with one attached hydrogen (secondary N) is 2. The van der Waals surface area contributed by atoms with Crippen LogP contribution < -0.4 is 15.5 Å². The van der Waals surface area contributed by atoms with E-state index in [0.717, 1.165) is 43.1 Å². The summed E-state index contributed by atoms with van der Waals surface area (Å²) in [4.78, 5) is 52.6. The molecule has 1 spiro atoms. The molecule has 0 aromatic heterocycles. The Morgan fingerprint density at radius 3 is 2.41 bits per heavy atom. The summed E-state index contributed by atoms with van der Waals surface area (Å²) in [7, 11) is 0. The maximum Gasteiger partial charge on any atom is 0.262 e. The first kappa shape index (κ1) is 18.3. The van der Waals surface area contributed by atoms with Gasteiger partial charge in [0.25, 0.3) is 11.8 Å². The van der Waals surface area contributed by atoms with Crippen LogP contribution in [0.3, 0.4) is 0 Å². The second kappa shape index (κ2) is 6.66. The van der Waals surface area contributed by atoms with E-state index in [1.54, 1.807) is 12.1 Å². The topological polar surface area (TPSA) is 98.8 Å². The van der Waals surface area contributed by atoms with Gasteiger partial charge in [-0.1, -0.05) is 0 Å². The van der Waals surface area contributed by atoms with Gasteiger partial charge in [0.05, 0.1) is 11.1 Å². The minimum absolute atomic E-state index is 0.124. The van der Waals surface area contributed by atoms with E-state index in [2.05, 4.69) is 15.5 Å². The van der Waals surface area contributed by atoms with Gasteiger partial charge in [-0.2, -0.15) is 0 Å². The van der Waals surface area contributed by atoms with E-state index in [4.69, 9.17) is 0 Å². The van der Waals surface area contributed by atoms with E-state index in [1.807, 2.05) is 6.07 Å². The highest BCUT2D eigenvalue weighted by Crippen LogP contribution is 2.35. The maximum absolute atomic E-state index is 13.0. The lowest BCUT2D eigenvalue weighted by atomic mass is 9.86. The van der Waals surface area contributed by atoms with Crippen molar-refractivity contribution >= 4 is 29.3 Å².